The van der Waals surface area contributed by atoms with Crippen molar-refractivity contribution in [1.82, 2.24) is 9.88 Å². The summed E-state index contributed by atoms with van der Waals surface area (Å²) in [5, 5.41) is 10.6. The molecule has 1 fully saturated rings. The van der Waals surface area contributed by atoms with E-state index < -0.39 is 22.9 Å². The van der Waals surface area contributed by atoms with E-state index in [0.717, 1.165) is 6.07 Å². The normalized spacial score (nSPS) is 14.8. The first-order chi connectivity index (χ1) is 13.2. The van der Waals surface area contributed by atoms with Crippen LogP contribution in [0.4, 0.5) is 18.9 Å². The molecule has 7 nitrogen and oxygen atoms in total. The molecule has 10 heteroatoms. The third kappa shape index (κ3) is 4.64. The van der Waals surface area contributed by atoms with Crippen molar-refractivity contribution < 1.29 is 27.6 Å². The Morgan fingerprint density at radius 2 is 1.89 bits per heavy atom. The fourth-order valence-electron chi connectivity index (χ4n) is 2.48. The highest BCUT2D eigenvalue weighted by Gasteiger charge is 2.34. The quantitative estimate of drug-likeness (QED) is 0.442. The molecule has 2 aromatic rings. The number of benzene rings is 1. The summed E-state index contributed by atoms with van der Waals surface area (Å²) in [6, 6.07) is 9.09. The van der Waals surface area contributed by atoms with Gasteiger partial charge in [-0.25, -0.2) is 4.98 Å². The van der Waals surface area contributed by atoms with E-state index in [4.69, 9.17) is 4.74 Å². The van der Waals surface area contributed by atoms with Crippen molar-refractivity contribution in [1.29, 1.82) is 0 Å². The molecule has 0 unspecified atom stereocenters. The lowest BCUT2D eigenvalue weighted by molar-refractivity contribution is -0.384. The number of nitrogens with zero attached hydrogens (tertiary/aromatic N) is 3. The molecule has 0 saturated carbocycles. The minimum absolute atomic E-state index is 0.0468. The summed E-state index contributed by atoms with van der Waals surface area (Å²) in [6.07, 6.45) is -2.15. The Hall–Kier alpha value is -3.43. The number of hydrogen-bond acceptors (Lipinski definition) is 5. The molecule has 1 aromatic heterocycles. The summed E-state index contributed by atoms with van der Waals surface area (Å²) >= 11 is 0. The minimum atomic E-state index is -4.55. The number of halogens is 3. The summed E-state index contributed by atoms with van der Waals surface area (Å²) < 4.78 is 43.3. The van der Waals surface area contributed by atoms with Gasteiger partial charge in [0.15, 0.2) is 0 Å². The van der Waals surface area contributed by atoms with Gasteiger partial charge in [-0.3, -0.25) is 14.9 Å². The van der Waals surface area contributed by atoms with Crippen LogP contribution < -0.4 is 4.74 Å². The van der Waals surface area contributed by atoms with E-state index >= 15 is 0 Å². The zero-order chi connectivity index (χ0) is 20.3. The number of hydrogen-bond donors (Lipinski definition) is 0. The van der Waals surface area contributed by atoms with Crippen LogP contribution in [-0.4, -0.2) is 39.9 Å². The van der Waals surface area contributed by atoms with Gasteiger partial charge < -0.3 is 9.64 Å². The number of pyridine rings is 1. The second-order valence-corrected chi connectivity index (χ2v) is 6.02. The van der Waals surface area contributed by atoms with Gasteiger partial charge in [0.2, 0.25) is 11.8 Å². The first-order valence-electron chi connectivity index (χ1n) is 8.15. The van der Waals surface area contributed by atoms with E-state index in [2.05, 4.69) is 4.98 Å². The van der Waals surface area contributed by atoms with Crippen molar-refractivity contribution in [2.45, 2.75) is 12.3 Å². The van der Waals surface area contributed by atoms with Crippen molar-refractivity contribution in [3.63, 3.8) is 0 Å². The molecule has 1 aliphatic rings. The maximum absolute atomic E-state index is 12.6. The largest absolute Gasteiger partial charge is 0.471 e. The fraction of sp³-hybridized carbons (Fsp3) is 0.222. The lowest BCUT2D eigenvalue weighted by Crippen LogP contribution is -2.55. The van der Waals surface area contributed by atoms with Crippen molar-refractivity contribution >= 4 is 17.7 Å². The first-order valence-corrected chi connectivity index (χ1v) is 8.15. The van der Waals surface area contributed by atoms with Crippen molar-refractivity contribution in [2.75, 3.05) is 13.1 Å². The van der Waals surface area contributed by atoms with Crippen LogP contribution in [0.2, 0.25) is 0 Å². The average Bonchev–Trinajstić information content (AvgIpc) is 2.62. The van der Waals surface area contributed by atoms with Gasteiger partial charge in [-0.1, -0.05) is 6.07 Å². The molecule has 0 N–H and O–H groups in total. The average molecular weight is 393 g/mol. The van der Waals surface area contributed by atoms with Gasteiger partial charge in [-0.15, -0.1) is 0 Å². The predicted molar refractivity (Wildman–Crippen MR) is 92.4 cm³/mol. The molecule has 0 atom stereocenters. The molecule has 0 bridgehead atoms. The third-order valence-electron chi connectivity index (χ3n) is 3.98. The molecule has 1 aliphatic heterocycles. The van der Waals surface area contributed by atoms with Gasteiger partial charge >= 0.3 is 6.18 Å². The van der Waals surface area contributed by atoms with Crippen LogP contribution in [0.1, 0.15) is 11.3 Å². The standard InChI is InChI=1S/C18H14F3N3O4/c19-18(20,21)15-2-1-3-16(22-15)28-14-10-23(11-14)17(25)9-6-12-4-7-13(8-5-12)24(26)27/h1-9,14H,10-11H2/b9-6+. The van der Waals surface area contributed by atoms with Crippen LogP contribution in [0.25, 0.3) is 6.08 Å². The van der Waals surface area contributed by atoms with Crippen molar-refractivity contribution in [2.24, 2.45) is 0 Å². The van der Waals surface area contributed by atoms with E-state index in [1.807, 2.05) is 0 Å². The topological polar surface area (TPSA) is 85.6 Å². The predicted octanol–water partition coefficient (Wildman–Crippen LogP) is 3.31. The molecular weight excluding hydrogens is 379 g/mol. The molecule has 28 heavy (non-hydrogen) atoms. The van der Waals surface area contributed by atoms with Crippen LogP contribution in [0.3, 0.4) is 0 Å². The van der Waals surface area contributed by atoms with Crippen LogP contribution in [0, 0.1) is 10.1 Å². The Kier molecular flexibility index (Phi) is 5.30. The number of non-ortho nitro benzene ring substituents is 1. The summed E-state index contributed by atoms with van der Waals surface area (Å²) in [7, 11) is 0. The number of likely N-dealkylation sites (tertiary alicyclic amines) is 1. The number of carbonyl (C=O) groups is 1. The monoisotopic (exact) mass is 393 g/mol. The highest BCUT2D eigenvalue weighted by molar-refractivity contribution is 5.92. The van der Waals surface area contributed by atoms with Gasteiger partial charge in [0.05, 0.1) is 18.0 Å². The van der Waals surface area contributed by atoms with Gasteiger partial charge in [0, 0.05) is 24.3 Å². The zero-order valence-electron chi connectivity index (χ0n) is 14.3. The number of carbonyl (C=O) groups excluding carboxylic acids is 1. The van der Waals surface area contributed by atoms with Gasteiger partial charge in [-0.05, 0) is 29.8 Å². The van der Waals surface area contributed by atoms with Crippen LogP contribution in [0.15, 0.2) is 48.5 Å². The number of nitro groups is 1. The minimum Gasteiger partial charge on any atom is -0.471 e. The summed E-state index contributed by atoms with van der Waals surface area (Å²) in [4.78, 5) is 27.0. The molecule has 0 spiro atoms. The number of nitro benzene ring substituents is 1. The van der Waals surface area contributed by atoms with E-state index in [9.17, 15) is 28.1 Å². The van der Waals surface area contributed by atoms with Crippen LogP contribution >= 0.6 is 0 Å². The summed E-state index contributed by atoms with van der Waals surface area (Å²) in [6.45, 7) is 0.447. The Bertz CT molecular complexity index is 907. The second-order valence-electron chi connectivity index (χ2n) is 6.02. The molecule has 2 heterocycles. The van der Waals surface area contributed by atoms with Gasteiger partial charge in [-0.2, -0.15) is 13.2 Å². The Labute approximate surface area is 157 Å². The van der Waals surface area contributed by atoms with E-state index in [1.165, 1.54) is 53.5 Å². The second kappa shape index (κ2) is 7.67. The SMILES string of the molecule is O=C(/C=C/c1ccc([N+](=O)[O-])cc1)N1CC(Oc2cccc(C(F)(F)F)n2)C1. The maximum Gasteiger partial charge on any atom is 0.433 e. The van der Waals surface area contributed by atoms with Gasteiger partial charge in [0.1, 0.15) is 11.8 Å². The van der Waals surface area contributed by atoms with Crippen LogP contribution in [-0.2, 0) is 11.0 Å². The Morgan fingerprint density at radius 1 is 1.21 bits per heavy atom. The highest BCUT2D eigenvalue weighted by atomic mass is 19.4. The smallest absolute Gasteiger partial charge is 0.433 e. The highest BCUT2D eigenvalue weighted by Crippen LogP contribution is 2.29. The lowest BCUT2D eigenvalue weighted by Gasteiger charge is -2.38. The molecule has 0 radical (unpaired) electrons. The van der Waals surface area contributed by atoms with E-state index in [-0.39, 0.29) is 30.6 Å². The maximum atomic E-state index is 12.6. The zero-order valence-corrected chi connectivity index (χ0v) is 14.3. The Balaban J connectivity index is 1.51. The molecule has 3 rings (SSSR count). The van der Waals surface area contributed by atoms with E-state index in [0.29, 0.717) is 5.56 Å². The molecule has 1 aromatic carbocycles. The summed E-state index contributed by atoms with van der Waals surface area (Å²) in [5.74, 6) is -0.441. The molecule has 146 valence electrons. The summed E-state index contributed by atoms with van der Waals surface area (Å²) in [5.41, 5.74) is -0.460. The number of alkyl halides is 3. The van der Waals surface area contributed by atoms with E-state index in [1.54, 1.807) is 0 Å². The number of amides is 1. The third-order valence-corrected chi connectivity index (χ3v) is 3.98. The van der Waals surface area contributed by atoms with Crippen LogP contribution in [0.5, 0.6) is 5.88 Å². The Morgan fingerprint density at radius 3 is 2.50 bits per heavy atom. The number of aromatic nitrogens is 1. The lowest BCUT2D eigenvalue weighted by atomic mass is 10.1. The molecule has 1 saturated heterocycles. The first kappa shape index (κ1) is 19.3. The molecule has 0 aliphatic carbocycles. The molecular formula is C18H14F3N3O4. The molecule has 1 amide bonds. The van der Waals surface area contributed by atoms with Gasteiger partial charge in [0.25, 0.3) is 5.69 Å². The fourth-order valence-corrected chi connectivity index (χ4v) is 2.48. The number of rotatable bonds is 5. The van der Waals surface area contributed by atoms with Crippen molar-refractivity contribution in [3.8, 4) is 5.88 Å². The number of ether oxygens (including phenoxy) is 1. The van der Waals surface area contributed by atoms with Crippen molar-refractivity contribution in [3.05, 3.63) is 69.9 Å².